The Labute approximate surface area is 140 Å². The number of hydrogen-bond donors (Lipinski definition) is 2. The van der Waals surface area contributed by atoms with E-state index >= 15 is 0 Å². The summed E-state index contributed by atoms with van der Waals surface area (Å²) < 4.78 is 39.8. The first kappa shape index (κ1) is 18.3. The zero-order valence-corrected chi connectivity index (χ0v) is 13.5. The summed E-state index contributed by atoms with van der Waals surface area (Å²) >= 11 is 1.33. The summed E-state index contributed by atoms with van der Waals surface area (Å²) in [5, 5.41) is 11.3. The summed E-state index contributed by atoms with van der Waals surface area (Å²) in [5.74, 6) is -1.13. The normalized spacial score (nSPS) is 15.0. The van der Waals surface area contributed by atoms with Gasteiger partial charge >= 0.3 is 6.18 Å². The van der Waals surface area contributed by atoms with Crippen molar-refractivity contribution in [3.8, 4) is 0 Å². The molecule has 9 heteroatoms. The van der Waals surface area contributed by atoms with E-state index in [0.717, 1.165) is 17.0 Å². The number of hydrogen-bond acceptors (Lipinski definition) is 5. The number of amides is 2. The Morgan fingerprint density at radius 2 is 2.00 bits per heavy atom. The third-order valence-electron chi connectivity index (χ3n) is 3.35. The highest BCUT2D eigenvalue weighted by Gasteiger charge is 2.37. The Morgan fingerprint density at radius 3 is 2.58 bits per heavy atom. The minimum absolute atomic E-state index is 0.210. The molecular weight excluding hydrogens is 345 g/mol. The van der Waals surface area contributed by atoms with Crippen LogP contribution in [0.5, 0.6) is 0 Å². The number of anilines is 1. The maximum absolute atomic E-state index is 13.3. The van der Waals surface area contributed by atoms with Crippen LogP contribution in [0.1, 0.15) is 11.1 Å². The van der Waals surface area contributed by atoms with Crippen molar-refractivity contribution in [1.29, 1.82) is 0 Å². The van der Waals surface area contributed by atoms with Gasteiger partial charge in [0, 0.05) is 11.8 Å². The van der Waals surface area contributed by atoms with Gasteiger partial charge in [-0.2, -0.15) is 24.9 Å². The minimum Gasteiger partial charge on any atom is -0.395 e. The van der Waals surface area contributed by atoms with Gasteiger partial charge in [0.25, 0.3) is 11.8 Å². The number of benzene rings is 1. The zero-order chi connectivity index (χ0) is 17.9. The Hall–Kier alpha value is -2.00. The predicted octanol–water partition coefficient (Wildman–Crippen LogP) is 2.23. The molecule has 1 aromatic carbocycles. The van der Waals surface area contributed by atoms with E-state index in [4.69, 9.17) is 5.11 Å². The van der Waals surface area contributed by atoms with Crippen LogP contribution in [0, 0.1) is 0 Å². The van der Waals surface area contributed by atoms with Crippen LogP contribution in [0.4, 0.5) is 18.9 Å². The fourth-order valence-electron chi connectivity index (χ4n) is 2.30. The van der Waals surface area contributed by atoms with Crippen LogP contribution >= 0.6 is 11.8 Å². The average Bonchev–Trinajstić information content (AvgIpc) is 2.76. The number of halogens is 3. The molecule has 0 saturated carbocycles. The number of imide groups is 1. The number of nitrogens with zero attached hydrogens (tertiary/aromatic N) is 1. The number of aliphatic hydroxyl groups excluding tert-OH is 1. The van der Waals surface area contributed by atoms with Gasteiger partial charge in [-0.25, -0.2) is 0 Å². The molecule has 24 heavy (non-hydrogen) atoms. The molecule has 2 rings (SSSR count). The summed E-state index contributed by atoms with van der Waals surface area (Å²) in [6.07, 6.45) is -1.92. The summed E-state index contributed by atoms with van der Waals surface area (Å²) in [6, 6.07) is 3.74. The molecule has 1 heterocycles. The SMILES string of the molecule is CSCc1cccc(C(F)(F)F)c1NC1=CC(=O)N(CCO)C1=O. The van der Waals surface area contributed by atoms with Crippen LogP contribution in [-0.4, -0.2) is 41.2 Å². The fourth-order valence-corrected chi connectivity index (χ4v) is 2.86. The van der Waals surface area contributed by atoms with Gasteiger partial charge in [-0.05, 0) is 17.9 Å². The Morgan fingerprint density at radius 1 is 1.29 bits per heavy atom. The van der Waals surface area contributed by atoms with Crippen molar-refractivity contribution in [3.63, 3.8) is 0 Å². The van der Waals surface area contributed by atoms with Crippen LogP contribution in [0.15, 0.2) is 30.0 Å². The third-order valence-corrected chi connectivity index (χ3v) is 3.95. The Bertz CT molecular complexity index is 689. The highest BCUT2D eigenvalue weighted by molar-refractivity contribution is 7.97. The second-order valence-electron chi connectivity index (χ2n) is 4.97. The van der Waals surface area contributed by atoms with Crippen molar-refractivity contribution in [2.24, 2.45) is 0 Å². The van der Waals surface area contributed by atoms with E-state index < -0.39 is 30.2 Å². The van der Waals surface area contributed by atoms with E-state index in [-0.39, 0.29) is 17.9 Å². The lowest BCUT2D eigenvalue weighted by molar-refractivity contribution is -0.138. The van der Waals surface area contributed by atoms with Crippen LogP contribution in [0.2, 0.25) is 0 Å². The number of rotatable bonds is 6. The quantitative estimate of drug-likeness (QED) is 0.762. The fraction of sp³-hybridized carbons (Fsp3) is 0.333. The second kappa shape index (κ2) is 7.27. The van der Waals surface area contributed by atoms with Crippen LogP contribution in [0.25, 0.3) is 0 Å². The minimum atomic E-state index is -4.60. The molecule has 0 bridgehead atoms. The molecule has 0 fully saturated rings. The van der Waals surface area contributed by atoms with Crippen molar-refractivity contribution in [1.82, 2.24) is 4.90 Å². The molecule has 1 aromatic rings. The largest absolute Gasteiger partial charge is 0.418 e. The molecule has 0 unspecified atom stereocenters. The first-order valence-corrected chi connectivity index (χ1v) is 8.32. The van der Waals surface area contributed by atoms with Crippen molar-refractivity contribution >= 4 is 29.3 Å². The monoisotopic (exact) mass is 360 g/mol. The van der Waals surface area contributed by atoms with E-state index in [0.29, 0.717) is 11.3 Å². The molecule has 2 amide bonds. The Kier molecular flexibility index (Phi) is 5.55. The van der Waals surface area contributed by atoms with Gasteiger partial charge in [0.05, 0.1) is 24.4 Å². The number of alkyl halides is 3. The summed E-state index contributed by atoms with van der Waals surface area (Å²) in [5.41, 5.74) is -1.01. The highest BCUT2D eigenvalue weighted by Crippen LogP contribution is 2.38. The van der Waals surface area contributed by atoms with Crippen molar-refractivity contribution in [2.75, 3.05) is 24.7 Å². The number of para-hydroxylation sites is 1. The van der Waals surface area contributed by atoms with E-state index in [1.165, 1.54) is 23.9 Å². The molecule has 130 valence electrons. The van der Waals surface area contributed by atoms with Crippen molar-refractivity contribution in [2.45, 2.75) is 11.9 Å². The summed E-state index contributed by atoms with van der Waals surface area (Å²) in [6.45, 7) is -0.632. The van der Waals surface area contributed by atoms with Gasteiger partial charge in [0.1, 0.15) is 5.70 Å². The number of carbonyl (C=O) groups is 2. The van der Waals surface area contributed by atoms with Crippen molar-refractivity contribution < 1.29 is 27.9 Å². The smallest absolute Gasteiger partial charge is 0.395 e. The van der Waals surface area contributed by atoms with E-state index in [9.17, 15) is 22.8 Å². The van der Waals surface area contributed by atoms with Crippen molar-refractivity contribution in [3.05, 3.63) is 41.1 Å². The highest BCUT2D eigenvalue weighted by atomic mass is 32.2. The Balaban J connectivity index is 2.40. The number of β-amino-alcohol motifs (C(OH)–C–C–N with tert-alkyl or cyclic N) is 1. The number of aliphatic hydroxyl groups is 1. The molecule has 1 aliphatic heterocycles. The summed E-state index contributed by atoms with van der Waals surface area (Å²) in [7, 11) is 0. The molecule has 2 N–H and O–H groups in total. The average molecular weight is 360 g/mol. The van der Waals surface area contributed by atoms with Gasteiger partial charge in [0.15, 0.2) is 0 Å². The zero-order valence-electron chi connectivity index (χ0n) is 12.7. The van der Waals surface area contributed by atoms with E-state index in [2.05, 4.69) is 5.32 Å². The number of nitrogens with one attached hydrogen (secondary N) is 1. The number of carbonyl (C=O) groups excluding carboxylic acids is 2. The van der Waals surface area contributed by atoms with Crippen LogP contribution < -0.4 is 5.32 Å². The summed E-state index contributed by atoms with van der Waals surface area (Å²) in [4.78, 5) is 24.6. The molecule has 0 radical (unpaired) electrons. The van der Waals surface area contributed by atoms with Gasteiger partial charge in [-0.3, -0.25) is 14.5 Å². The maximum Gasteiger partial charge on any atom is 0.418 e. The van der Waals surface area contributed by atoms with Crippen LogP contribution in [0.3, 0.4) is 0 Å². The molecule has 5 nitrogen and oxygen atoms in total. The second-order valence-corrected chi connectivity index (χ2v) is 5.84. The molecular formula is C15H15F3N2O3S. The first-order chi connectivity index (χ1) is 11.3. The lowest BCUT2D eigenvalue weighted by Gasteiger charge is -2.19. The lowest BCUT2D eigenvalue weighted by atomic mass is 10.1. The molecule has 0 aliphatic carbocycles. The number of thioether (sulfide) groups is 1. The molecule has 0 atom stereocenters. The maximum atomic E-state index is 13.3. The first-order valence-electron chi connectivity index (χ1n) is 6.93. The van der Waals surface area contributed by atoms with Gasteiger partial charge < -0.3 is 10.4 Å². The van der Waals surface area contributed by atoms with Gasteiger partial charge in [0.2, 0.25) is 0 Å². The van der Waals surface area contributed by atoms with Gasteiger partial charge in [-0.1, -0.05) is 12.1 Å². The molecule has 0 saturated heterocycles. The standard InChI is InChI=1S/C15H15F3N2O3S/c1-24-8-9-3-2-4-10(15(16,17)18)13(9)19-11-7-12(22)20(5-6-21)14(11)23/h2-4,7,19,21H,5-6,8H2,1H3. The van der Waals surface area contributed by atoms with E-state index in [1.54, 1.807) is 6.26 Å². The third kappa shape index (κ3) is 3.73. The molecule has 0 aromatic heterocycles. The van der Waals surface area contributed by atoms with E-state index in [1.807, 2.05) is 0 Å². The van der Waals surface area contributed by atoms with Gasteiger partial charge in [-0.15, -0.1) is 0 Å². The predicted molar refractivity (Wildman–Crippen MR) is 84.2 cm³/mol. The molecule has 0 spiro atoms. The molecule has 1 aliphatic rings. The topological polar surface area (TPSA) is 69.6 Å². The lowest BCUT2D eigenvalue weighted by Crippen LogP contribution is -2.34. The van der Waals surface area contributed by atoms with Crippen LogP contribution in [-0.2, 0) is 21.5 Å².